The minimum atomic E-state index is -4.42. The molecule has 0 bridgehead atoms. The number of halogens is 4. The molecule has 0 atom stereocenters. The standard InChI is InChI=1S/C20H13F4NS/c1-25(16-10-3-2-9-15(16)21)17-11-5-7-13-12-6-4-8-14(20(22,23)24)18(12)26-19(13)17/h2-11H,1H3. The first kappa shape index (κ1) is 16.8. The molecule has 6 heteroatoms. The summed E-state index contributed by atoms with van der Waals surface area (Å²) in [4.78, 5) is 1.67. The van der Waals surface area contributed by atoms with Crippen molar-refractivity contribution in [2.45, 2.75) is 6.18 Å². The first-order valence-electron chi connectivity index (χ1n) is 7.87. The minimum Gasteiger partial charge on any atom is -0.341 e. The Labute approximate surface area is 151 Å². The summed E-state index contributed by atoms with van der Waals surface area (Å²) in [7, 11) is 1.71. The molecule has 1 heterocycles. The van der Waals surface area contributed by atoms with Crippen LogP contribution in [0.25, 0.3) is 20.2 Å². The van der Waals surface area contributed by atoms with Gasteiger partial charge in [-0.2, -0.15) is 13.2 Å². The van der Waals surface area contributed by atoms with E-state index in [0.717, 1.165) is 22.8 Å². The van der Waals surface area contributed by atoms with Gasteiger partial charge in [-0.05, 0) is 24.3 Å². The van der Waals surface area contributed by atoms with E-state index in [2.05, 4.69) is 0 Å². The van der Waals surface area contributed by atoms with Crippen LogP contribution in [-0.4, -0.2) is 7.05 Å². The van der Waals surface area contributed by atoms with Gasteiger partial charge in [-0.25, -0.2) is 4.39 Å². The number of benzene rings is 3. The van der Waals surface area contributed by atoms with Gasteiger partial charge in [-0.3, -0.25) is 0 Å². The third kappa shape index (κ3) is 2.61. The molecule has 0 saturated heterocycles. The number of rotatable bonds is 2. The number of alkyl halides is 3. The molecular weight excluding hydrogens is 362 g/mol. The number of hydrogen-bond acceptors (Lipinski definition) is 2. The maximum Gasteiger partial charge on any atom is 0.417 e. The zero-order valence-electron chi connectivity index (χ0n) is 13.6. The van der Waals surface area contributed by atoms with Gasteiger partial charge in [-0.1, -0.05) is 36.4 Å². The minimum absolute atomic E-state index is 0.199. The van der Waals surface area contributed by atoms with Crippen molar-refractivity contribution in [3.8, 4) is 0 Å². The normalized spacial score (nSPS) is 12.0. The third-order valence-corrected chi connectivity index (χ3v) is 5.66. The Morgan fingerprint density at radius 2 is 1.38 bits per heavy atom. The van der Waals surface area contributed by atoms with Crippen LogP contribution in [0, 0.1) is 5.82 Å². The molecule has 26 heavy (non-hydrogen) atoms. The molecule has 4 rings (SSSR count). The van der Waals surface area contributed by atoms with Crippen LogP contribution >= 0.6 is 11.3 Å². The van der Waals surface area contributed by atoms with Crippen molar-refractivity contribution >= 4 is 42.9 Å². The fourth-order valence-electron chi connectivity index (χ4n) is 3.15. The predicted molar refractivity (Wildman–Crippen MR) is 98.8 cm³/mol. The second-order valence-corrected chi connectivity index (χ2v) is 6.97. The number of anilines is 2. The maximum atomic E-state index is 14.2. The molecule has 0 aliphatic heterocycles. The Kier molecular flexibility index (Phi) is 3.88. The molecule has 1 aromatic heterocycles. The largest absolute Gasteiger partial charge is 0.417 e. The molecule has 0 aliphatic rings. The van der Waals surface area contributed by atoms with Crippen LogP contribution < -0.4 is 4.90 Å². The highest BCUT2D eigenvalue weighted by Crippen LogP contribution is 2.45. The summed E-state index contributed by atoms with van der Waals surface area (Å²) in [5.41, 5.74) is 0.395. The SMILES string of the molecule is CN(c1ccccc1F)c1cccc2c1sc1c(C(F)(F)F)cccc12. The van der Waals surface area contributed by atoms with Crippen LogP contribution in [0.1, 0.15) is 5.56 Å². The number of fused-ring (bicyclic) bond motifs is 3. The van der Waals surface area contributed by atoms with Gasteiger partial charge in [0.1, 0.15) is 5.82 Å². The van der Waals surface area contributed by atoms with E-state index >= 15 is 0 Å². The summed E-state index contributed by atoms with van der Waals surface area (Å²) in [6, 6.07) is 15.9. The monoisotopic (exact) mass is 375 g/mol. The van der Waals surface area contributed by atoms with Gasteiger partial charge >= 0.3 is 6.18 Å². The van der Waals surface area contributed by atoms with E-state index in [0.29, 0.717) is 21.5 Å². The lowest BCUT2D eigenvalue weighted by molar-refractivity contribution is -0.136. The average molecular weight is 375 g/mol. The van der Waals surface area contributed by atoms with Crippen molar-refractivity contribution in [3.05, 3.63) is 72.0 Å². The van der Waals surface area contributed by atoms with Gasteiger partial charge in [0.05, 0.1) is 21.6 Å². The van der Waals surface area contributed by atoms with Crippen molar-refractivity contribution in [1.29, 1.82) is 0 Å². The van der Waals surface area contributed by atoms with Crippen LogP contribution in [0.4, 0.5) is 28.9 Å². The zero-order valence-corrected chi connectivity index (χ0v) is 14.5. The molecular formula is C20H13F4NS. The van der Waals surface area contributed by atoms with Gasteiger partial charge < -0.3 is 4.90 Å². The molecule has 132 valence electrons. The Morgan fingerprint density at radius 3 is 2.08 bits per heavy atom. The van der Waals surface area contributed by atoms with Gasteiger partial charge in [0.2, 0.25) is 0 Å². The summed E-state index contributed by atoms with van der Waals surface area (Å²) in [6.45, 7) is 0. The summed E-state index contributed by atoms with van der Waals surface area (Å²) in [6.07, 6.45) is -4.42. The molecule has 0 radical (unpaired) electrons. The molecule has 0 spiro atoms. The van der Waals surface area contributed by atoms with Crippen LogP contribution in [0.15, 0.2) is 60.7 Å². The number of hydrogen-bond donors (Lipinski definition) is 0. The molecule has 4 aromatic rings. The quantitative estimate of drug-likeness (QED) is 0.342. The van der Waals surface area contributed by atoms with Crippen molar-refractivity contribution in [2.24, 2.45) is 0 Å². The van der Waals surface area contributed by atoms with Crippen LogP contribution in [-0.2, 0) is 6.18 Å². The zero-order chi connectivity index (χ0) is 18.5. The highest BCUT2D eigenvalue weighted by atomic mass is 32.1. The number of para-hydroxylation sites is 1. The lowest BCUT2D eigenvalue weighted by atomic mass is 10.1. The second-order valence-electron chi connectivity index (χ2n) is 5.95. The molecule has 3 aromatic carbocycles. The van der Waals surface area contributed by atoms with E-state index in [-0.39, 0.29) is 10.5 Å². The summed E-state index contributed by atoms with van der Waals surface area (Å²) in [5.74, 6) is -0.385. The van der Waals surface area contributed by atoms with Gasteiger partial charge in [0.15, 0.2) is 0 Å². The lowest BCUT2D eigenvalue weighted by Gasteiger charge is -2.20. The van der Waals surface area contributed by atoms with E-state index in [1.54, 1.807) is 54.4 Å². The van der Waals surface area contributed by atoms with E-state index in [1.165, 1.54) is 12.1 Å². The lowest BCUT2D eigenvalue weighted by Crippen LogP contribution is -2.11. The molecule has 0 aliphatic carbocycles. The Balaban J connectivity index is 1.99. The third-order valence-electron chi connectivity index (χ3n) is 4.38. The highest BCUT2D eigenvalue weighted by molar-refractivity contribution is 7.26. The Morgan fingerprint density at radius 1 is 0.769 bits per heavy atom. The van der Waals surface area contributed by atoms with E-state index in [1.807, 2.05) is 0 Å². The molecule has 0 fully saturated rings. The van der Waals surface area contributed by atoms with Crippen molar-refractivity contribution in [1.82, 2.24) is 0 Å². The molecule has 0 unspecified atom stereocenters. The van der Waals surface area contributed by atoms with E-state index in [9.17, 15) is 17.6 Å². The Bertz CT molecular complexity index is 1110. The second kappa shape index (κ2) is 5.99. The number of thiophene rings is 1. The average Bonchev–Trinajstić information content (AvgIpc) is 2.99. The highest BCUT2D eigenvalue weighted by Gasteiger charge is 2.33. The van der Waals surface area contributed by atoms with Gasteiger partial charge in [0, 0.05) is 22.5 Å². The molecule has 0 saturated carbocycles. The summed E-state index contributed by atoms with van der Waals surface area (Å²) >= 11 is 1.09. The predicted octanol–water partition coefficient (Wildman–Crippen LogP) is 6.98. The topological polar surface area (TPSA) is 3.24 Å². The number of nitrogens with zero attached hydrogens (tertiary/aromatic N) is 1. The maximum absolute atomic E-state index is 14.2. The van der Waals surface area contributed by atoms with Crippen molar-refractivity contribution in [3.63, 3.8) is 0 Å². The summed E-state index contributed by atoms with van der Waals surface area (Å²) < 4.78 is 55.2. The fourth-order valence-corrected chi connectivity index (χ4v) is 4.53. The van der Waals surface area contributed by atoms with Crippen LogP contribution in [0.2, 0.25) is 0 Å². The molecule has 0 N–H and O–H groups in total. The van der Waals surface area contributed by atoms with E-state index < -0.39 is 11.7 Å². The van der Waals surface area contributed by atoms with Crippen LogP contribution in [0.5, 0.6) is 0 Å². The first-order chi connectivity index (χ1) is 12.4. The van der Waals surface area contributed by atoms with E-state index in [4.69, 9.17) is 0 Å². The smallest absolute Gasteiger partial charge is 0.341 e. The molecule has 0 amide bonds. The van der Waals surface area contributed by atoms with Crippen molar-refractivity contribution < 1.29 is 17.6 Å². The van der Waals surface area contributed by atoms with Crippen molar-refractivity contribution in [2.75, 3.05) is 11.9 Å². The van der Waals surface area contributed by atoms with Gasteiger partial charge in [0.25, 0.3) is 0 Å². The van der Waals surface area contributed by atoms with Crippen LogP contribution in [0.3, 0.4) is 0 Å². The van der Waals surface area contributed by atoms with Gasteiger partial charge in [-0.15, -0.1) is 11.3 Å². The fraction of sp³-hybridized carbons (Fsp3) is 0.100. The Hall–Kier alpha value is -2.60. The summed E-state index contributed by atoms with van der Waals surface area (Å²) in [5, 5.41) is 1.29. The molecule has 1 nitrogen and oxygen atoms in total. The first-order valence-corrected chi connectivity index (χ1v) is 8.69.